The number of halogens is 1. The molecule has 1 unspecified atom stereocenters. The first-order valence-electron chi connectivity index (χ1n) is 6.86. The van der Waals surface area contributed by atoms with Crippen molar-refractivity contribution in [3.05, 3.63) is 32.3 Å². The first-order chi connectivity index (χ1) is 9.54. The molecule has 1 aliphatic rings. The molecule has 0 saturated carbocycles. The van der Waals surface area contributed by atoms with Gasteiger partial charge in [-0.15, -0.1) is 0 Å². The van der Waals surface area contributed by atoms with Crippen molar-refractivity contribution in [2.75, 3.05) is 18.1 Å². The number of nitrogens with zero attached hydrogens (tertiary/aromatic N) is 2. The van der Waals surface area contributed by atoms with Gasteiger partial charge in [-0.05, 0) is 54.6 Å². The number of piperidine rings is 1. The SMILES string of the molecule is Cc1cc(N2CCCCC2CCO)c(Br)cc1[N+](=O)[O-]. The highest BCUT2D eigenvalue weighted by atomic mass is 79.9. The lowest BCUT2D eigenvalue weighted by atomic mass is 9.98. The fourth-order valence-electron chi connectivity index (χ4n) is 2.84. The molecule has 0 amide bonds. The number of aliphatic hydroxyl groups is 1. The average molecular weight is 343 g/mol. The van der Waals surface area contributed by atoms with E-state index in [0.717, 1.165) is 36.0 Å². The Bertz CT molecular complexity index is 505. The first-order valence-corrected chi connectivity index (χ1v) is 7.66. The molecule has 0 radical (unpaired) electrons. The van der Waals surface area contributed by atoms with Crippen LogP contribution in [0.4, 0.5) is 11.4 Å². The number of hydrogen-bond acceptors (Lipinski definition) is 4. The molecule has 1 aliphatic heterocycles. The van der Waals surface area contributed by atoms with Gasteiger partial charge in [-0.25, -0.2) is 0 Å². The third kappa shape index (κ3) is 3.12. The molecule has 1 fully saturated rings. The Labute approximate surface area is 126 Å². The lowest BCUT2D eigenvalue weighted by Gasteiger charge is -2.38. The van der Waals surface area contributed by atoms with E-state index in [1.807, 2.05) is 6.07 Å². The number of rotatable bonds is 4. The molecule has 0 aromatic heterocycles. The second-order valence-electron chi connectivity index (χ2n) is 5.20. The average Bonchev–Trinajstić information content (AvgIpc) is 2.42. The van der Waals surface area contributed by atoms with E-state index in [2.05, 4.69) is 20.8 Å². The highest BCUT2D eigenvalue weighted by Gasteiger charge is 2.25. The molecule has 110 valence electrons. The van der Waals surface area contributed by atoms with Gasteiger partial charge >= 0.3 is 0 Å². The largest absolute Gasteiger partial charge is 0.396 e. The molecule has 2 rings (SSSR count). The van der Waals surface area contributed by atoms with Crippen LogP contribution >= 0.6 is 15.9 Å². The van der Waals surface area contributed by atoms with Crippen molar-refractivity contribution in [3.8, 4) is 0 Å². The van der Waals surface area contributed by atoms with Crippen LogP contribution in [0.15, 0.2) is 16.6 Å². The fraction of sp³-hybridized carbons (Fsp3) is 0.571. The summed E-state index contributed by atoms with van der Waals surface area (Å²) in [5.74, 6) is 0. The van der Waals surface area contributed by atoms with Gasteiger partial charge in [-0.1, -0.05) is 0 Å². The van der Waals surface area contributed by atoms with Gasteiger partial charge in [-0.3, -0.25) is 10.1 Å². The maximum Gasteiger partial charge on any atom is 0.273 e. The zero-order valence-corrected chi connectivity index (χ0v) is 13.1. The summed E-state index contributed by atoms with van der Waals surface area (Å²) in [5, 5.41) is 20.2. The molecule has 1 aromatic rings. The van der Waals surface area contributed by atoms with Gasteiger partial charge in [0.2, 0.25) is 0 Å². The molecule has 0 spiro atoms. The van der Waals surface area contributed by atoms with Crippen molar-refractivity contribution in [2.45, 2.75) is 38.6 Å². The fourth-order valence-corrected chi connectivity index (χ4v) is 3.40. The lowest BCUT2D eigenvalue weighted by molar-refractivity contribution is -0.385. The Morgan fingerprint density at radius 1 is 1.50 bits per heavy atom. The van der Waals surface area contributed by atoms with E-state index in [0.29, 0.717) is 11.6 Å². The molecule has 20 heavy (non-hydrogen) atoms. The number of aliphatic hydroxyl groups excluding tert-OH is 1. The molecule has 5 nitrogen and oxygen atoms in total. The molecule has 0 bridgehead atoms. The summed E-state index contributed by atoms with van der Waals surface area (Å²) in [7, 11) is 0. The summed E-state index contributed by atoms with van der Waals surface area (Å²) < 4.78 is 0.750. The van der Waals surface area contributed by atoms with Gasteiger partial charge in [0.25, 0.3) is 5.69 Å². The quantitative estimate of drug-likeness (QED) is 0.672. The molecular formula is C14H19BrN2O3. The maximum absolute atomic E-state index is 11.0. The van der Waals surface area contributed by atoms with E-state index in [-0.39, 0.29) is 17.2 Å². The van der Waals surface area contributed by atoms with Gasteiger partial charge in [0.1, 0.15) is 0 Å². The Hall–Kier alpha value is -1.14. The summed E-state index contributed by atoms with van der Waals surface area (Å²) in [6.07, 6.45) is 4.08. The monoisotopic (exact) mass is 342 g/mol. The van der Waals surface area contributed by atoms with Crippen molar-refractivity contribution < 1.29 is 10.0 Å². The van der Waals surface area contributed by atoms with Gasteiger partial charge < -0.3 is 10.0 Å². The van der Waals surface area contributed by atoms with Gasteiger partial charge in [0, 0.05) is 35.3 Å². The molecule has 1 heterocycles. The summed E-state index contributed by atoms with van der Waals surface area (Å²) in [4.78, 5) is 12.9. The number of nitro benzene ring substituents is 1. The minimum absolute atomic E-state index is 0.136. The second-order valence-corrected chi connectivity index (χ2v) is 6.06. The summed E-state index contributed by atoms with van der Waals surface area (Å²) >= 11 is 3.46. The van der Waals surface area contributed by atoms with Gasteiger partial charge in [0.15, 0.2) is 0 Å². The maximum atomic E-state index is 11.0. The van der Waals surface area contributed by atoms with Crippen molar-refractivity contribution >= 4 is 27.3 Å². The standard InChI is InChI=1S/C14H19BrN2O3/c1-10-8-14(12(15)9-13(10)17(19)20)16-6-3-2-4-11(16)5-7-18/h8-9,11,18H,2-7H2,1H3. The predicted octanol–water partition coefficient (Wildman–Crippen LogP) is 3.41. The first kappa shape index (κ1) is 15.3. The number of hydrogen-bond donors (Lipinski definition) is 1. The van der Waals surface area contributed by atoms with Gasteiger partial charge in [-0.2, -0.15) is 0 Å². The Balaban J connectivity index is 2.35. The highest BCUT2D eigenvalue weighted by Crippen LogP contribution is 2.36. The highest BCUT2D eigenvalue weighted by molar-refractivity contribution is 9.10. The Kier molecular flexibility index (Phi) is 4.99. The van der Waals surface area contributed by atoms with E-state index < -0.39 is 0 Å². The predicted molar refractivity (Wildman–Crippen MR) is 82.2 cm³/mol. The number of anilines is 1. The van der Waals surface area contributed by atoms with Crippen LogP contribution in [0.25, 0.3) is 0 Å². The van der Waals surface area contributed by atoms with E-state index >= 15 is 0 Å². The van der Waals surface area contributed by atoms with Crippen LogP contribution in [0.5, 0.6) is 0 Å². The molecule has 0 aliphatic carbocycles. The Morgan fingerprint density at radius 2 is 2.25 bits per heavy atom. The van der Waals surface area contributed by atoms with Crippen LogP contribution in [0.3, 0.4) is 0 Å². The summed E-state index contributed by atoms with van der Waals surface area (Å²) in [6, 6.07) is 3.76. The van der Waals surface area contributed by atoms with E-state index in [1.165, 1.54) is 6.42 Å². The molecule has 1 saturated heterocycles. The van der Waals surface area contributed by atoms with Crippen LogP contribution in [0.2, 0.25) is 0 Å². The molecular weight excluding hydrogens is 324 g/mol. The van der Waals surface area contributed by atoms with Crippen LogP contribution in [-0.4, -0.2) is 29.2 Å². The zero-order valence-electron chi connectivity index (χ0n) is 11.5. The van der Waals surface area contributed by atoms with E-state index in [1.54, 1.807) is 13.0 Å². The van der Waals surface area contributed by atoms with Crippen molar-refractivity contribution in [3.63, 3.8) is 0 Å². The second kappa shape index (κ2) is 6.54. The Morgan fingerprint density at radius 3 is 2.90 bits per heavy atom. The molecule has 1 atom stereocenters. The zero-order chi connectivity index (χ0) is 14.7. The van der Waals surface area contributed by atoms with Crippen molar-refractivity contribution in [2.24, 2.45) is 0 Å². The summed E-state index contributed by atoms with van der Waals surface area (Å²) in [5.41, 5.74) is 1.80. The smallest absolute Gasteiger partial charge is 0.273 e. The van der Waals surface area contributed by atoms with E-state index in [4.69, 9.17) is 0 Å². The van der Waals surface area contributed by atoms with Crippen LogP contribution in [0, 0.1) is 17.0 Å². The topological polar surface area (TPSA) is 66.6 Å². The number of nitro groups is 1. The van der Waals surface area contributed by atoms with Gasteiger partial charge in [0.05, 0.1) is 10.6 Å². The van der Waals surface area contributed by atoms with Crippen LogP contribution < -0.4 is 4.90 Å². The third-order valence-electron chi connectivity index (χ3n) is 3.86. The molecule has 6 heteroatoms. The minimum Gasteiger partial charge on any atom is -0.396 e. The normalized spacial score (nSPS) is 19.1. The molecule has 1 aromatic carbocycles. The number of benzene rings is 1. The third-order valence-corrected chi connectivity index (χ3v) is 4.50. The van der Waals surface area contributed by atoms with Crippen molar-refractivity contribution in [1.82, 2.24) is 0 Å². The summed E-state index contributed by atoms with van der Waals surface area (Å²) in [6.45, 7) is 2.87. The van der Waals surface area contributed by atoms with E-state index in [9.17, 15) is 15.2 Å². The van der Waals surface area contributed by atoms with Crippen molar-refractivity contribution in [1.29, 1.82) is 0 Å². The molecule has 1 N–H and O–H groups in total. The lowest BCUT2D eigenvalue weighted by Crippen LogP contribution is -2.40. The van der Waals surface area contributed by atoms with Crippen LogP contribution in [0.1, 0.15) is 31.2 Å². The number of aryl methyl sites for hydroxylation is 1. The van der Waals surface area contributed by atoms with Crippen LogP contribution in [-0.2, 0) is 0 Å². The minimum atomic E-state index is -0.356.